The average Bonchev–Trinajstić information content (AvgIpc) is 1.80. The van der Waals surface area contributed by atoms with E-state index in [1.807, 2.05) is 0 Å². The first-order valence-corrected chi connectivity index (χ1v) is 30.7. The number of nitrogens with two attached hydrogens (primary N) is 4. The highest BCUT2D eigenvalue weighted by Crippen LogP contribution is 2.43. The van der Waals surface area contributed by atoms with Gasteiger partial charge in [0.15, 0.2) is 11.9 Å². The highest BCUT2D eigenvalue weighted by atomic mass is 16.4. The predicted octanol–water partition coefficient (Wildman–Crippen LogP) is -2.84. The number of carbonyl (C=O) groups is 10. The molecule has 4 aliphatic heterocycles. The van der Waals surface area contributed by atoms with Crippen molar-refractivity contribution >= 4 is 71.1 Å². The van der Waals surface area contributed by atoms with Crippen LogP contribution in [0.4, 0.5) is 0 Å². The molecule has 2 saturated heterocycles. The zero-order chi connectivity index (χ0) is 64.2. The van der Waals surface area contributed by atoms with Crippen molar-refractivity contribution in [3.05, 3.63) is 70.8 Å². The van der Waals surface area contributed by atoms with Gasteiger partial charge in [0.25, 0.3) is 0 Å². The number of aliphatic carboxylic acids is 2. The molecule has 17 N–H and O–H groups in total. The number of aliphatic hydroxyl groups excluding tert-OH is 3. The van der Waals surface area contributed by atoms with E-state index in [4.69, 9.17) is 22.9 Å². The van der Waals surface area contributed by atoms with Crippen molar-refractivity contribution in [2.75, 3.05) is 26.3 Å². The molecule has 484 valence electrons. The molecule has 2 aliphatic carbocycles. The van der Waals surface area contributed by atoms with E-state index in [0.717, 1.165) is 36.8 Å². The number of hydrogen-bond donors (Lipinski definition) is 13. The number of aliphatic hydroxyl groups is 3. The standard InChI is InChI=1S/C60H84N14O15/c61-59(62)65-21-9-17-38(57(86)87)68-50(79)44-25-34-13-5-7-19-42(34)73(44)55(84)46-23-32-11-1-3-15-36(32)28-71(46)53(82)40(30-75)67-49(78)27-48(77)52(81)70-41(31-76)54(83)72-29-37-16-4-2-12-33(37)24-47(72)56(85)74-43-20-8-6-14-35(43)26-45(74)51(80)69-39(58(88)89)18-10-22-66-60(63)64/h1-4,11-12,15-16,34-35,38-48,75-77H,5-10,13-14,17-31H2,(H,67,78)(H,68,79)(H,69,80)(H,70,81)(H,86,87)(H,88,89)(H4,61,62,65)(H4,63,64,66)/t34?,35?,38-,39-,40-,41-,42?,43?,44-,45-,46+,47+,48+/m0/s1. The summed E-state index contributed by atoms with van der Waals surface area (Å²) in [7, 11) is 0. The van der Waals surface area contributed by atoms with Crippen molar-refractivity contribution < 1.29 is 73.5 Å². The first-order valence-electron chi connectivity index (χ1n) is 30.7. The van der Waals surface area contributed by atoms with Crippen molar-refractivity contribution in [2.45, 2.75) is 189 Å². The quantitative estimate of drug-likeness (QED) is 0.0271. The molecule has 4 heterocycles. The Morgan fingerprint density at radius 2 is 0.921 bits per heavy atom. The third-order valence-electron chi connectivity index (χ3n) is 18.3. The van der Waals surface area contributed by atoms with E-state index in [-0.39, 0.29) is 101 Å². The van der Waals surface area contributed by atoms with Crippen LogP contribution in [0.15, 0.2) is 58.5 Å². The second-order valence-electron chi connectivity index (χ2n) is 24.1. The van der Waals surface area contributed by atoms with Gasteiger partial charge in [0.05, 0.1) is 19.6 Å². The van der Waals surface area contributed by atoms with Gasteiger partial charge in [0, 0.05) is 51.1 Å². The number of carboxylic acids is 2. The molecule has 2 aromatic rings. The third kappa shape index (κ3) is 15.9. The number of carbonyl (C=O) groups excluding carboxylic acids is 8. The van der Waals surface area contributed by atoms with E-state index < -0.39 is 145 Å². The fourth-order valence-corrected chi connectivity index (χ4v) is 13.9. The summed E-state index contributed by atoms with van der Waals surface area (Å²) >= 11 is 0. The summed E-state index contributed by atoms with van der Waals surface area (Å²) in [4.78, 5) is 154. The van der Waals surface area contributed by atoms with Gasteiger partial charge in [-0.25, -0.2) is 9.59 Å². The Balaban J connectivity index is 0.950. The number of rotatable bonds is 25. The van der Waals surface area contributed by atoms with Crippen molar-refractivity contribution in [3.63, 3.8) is 0 Å². The minimum absolute atomic E-state index is 0.0103. The largest absolute Gasteiger partial charge is 0.480 e. The van der Waals surface area contributed by atoms with Gasteiger partial charge in [-0.3, -0.25) is 48.3 Å². The molecule has 8 amide bonds. The zero-order valence-corrected chi connectivity index (χ0v) is 49.7. The fourth-order valence-electron chi connectivity index (χ4n) is 13.9. The van der Waals surface area contributed by atoms with Crippen LogP contribution in [0.25, 0.3) is 0 Å². The molecule has 13 atom stereocenters. The minimum Gasteiger partial charge on any atom is -0.480 e. The van der Waals surface area contributed by atoms with Gasteiger partial charge in [-0.2, -0.15) is 0 Å². The molecular formula is C60H84N14O15. The van der Waals surface area contributed by atoms with E-state index in [1.54, 1.807) is 48.5 Å². The summed E-state index contributed by atoms with van der Waals surface area (Å²) in [5.41, 5.74) is 24.4. The Morgan fingerprint density at radius 1 is 0.528 bits per heavy atom. The van der Waals surface area contributed by atoms with Crippen LogP contribution in [0.5, 0.6) is 0 Å². The van der Waals surface area contributed by atoms with Crippen LogP contribution in [0.2, 0.25) is 0 Å². The Bertz CT molecular complexity index is 3030. The number of aliphatic imine (C=N–C) groups is 2. The number of hydrogen-bond acceptors (Lipinski definition) is 15. The predicted molar refractivity (Wildman–Crippen MR) is 319 cm³/mol. The lowest BCUT2D eigenvalue weighted by Crippen LogP contribution is -2.62. The first kappa shape index (κ1) is 66.5. The SMILES string of the molecule is NC(N)=NCCC[C@H](NC(=O)[C@@H]1CC2CCCCC2N1C(=O)[C@H]1Cc2ccccc2CN1C(=O)[C@H](CO)NC(=O)C[C@@H](O)C(=O)N[C@@H](CO)C(=O)N1Cc2ccccc2C[C@@H]1C(=O)N1C2CCCCC2C[C@H]1C(=O)N[C@@H](CCCN=C(N)N)C(=O)O)C(=O)O. The van der Waals surface area contributed by atoms with Crippen LogP contribution >= 0.6 is 0 Å². The summed E-state index contributed by atoms with van der Waals surface area (Å²) in [5.74, 6) is -9.93. The number of nitrogens with zero attached hydrogens (tertiary/aromatic N) is 6. The maximum absolute atomic E-state index is 15.2. The summed E-state index contributed by atoms with van der Waals surface area (Å²) < 4.78 is 0. The lowest BCUT2D eigenvalue weighted by Gasteiger charge is -2.42. The van der Waals surface area contributed by atoms with E-state index in [1.165, 1.54) is 19.6 Å². The van der Waals surface area contributed by atoms with Gasteiger partial charge >= 0.3 is 11.9 Å². The van der Waals surface area contributed by atoms with Gasteiger partial charge in [-0.05, 0) is 98.3 Å². The molecule has 0 bridgehead atoms. The van der Waals surface area contributed by atoms with Crippen molar-refractivity contribution in [3.8, 4) is 0 Å². The number of fused-ring (bicyclic) bond motifs is 4. The van der Waals surface area contributed by atoms with Crippen molar-refractivity contribution in [2.24, 2.45) is 44.8 Å². The molecule has 6 aliphatic rings. The lowest BCUT2D eigenvalue weighted by atomic mass is 9.84. The van der Waals surface area contributed by atoms with Gasteiger partial charge in [-0.15, -0.1) is 0 Å². The molecule has 89 heavy (non-hydrogen) atoms. The highest BCUT2D eigenvalue weighted by molar-refractivity contribution is 5.99. The highest BCUT2D eigenvalue weighted by Gasteiger charge is 2.53. The molecular weight excluding hydrogens is 1160 g/mol. The minimum atomic E-state index is -2.21. The monoisotopic (exact) mass is 1240 g/mol. The molecule has 0 radical (unpaired) electrons. The molecule has 4 fully saturated rings. The topological polar surface area (TPSA) is 462 Å². The molecule has 2 saturated carbocycles. The number of benzene rings is 2. The summed E-state index contributed by atoms with van der Waals surface area (Å²) in [6.45, 7) is -2.12. The third-order valence-corrected chi connectivity index (χ3v) is 18.3. The maximum Gasteiger partial charge on any atom is 0.326 e. The zero-order valence-electron chi connectivity index (χ0n) is 49.7. The summed E-state index contributed by atoms with van der Waals surface area (Å²) in [6, 6.07) is 2.35. The molecule has 2 aromatic carbocycles. The Labute approximate surface area is 514 Å². The van der Waals surface area contributed by atoms with Crippen molar-refractivity contribution in [1.29, 1.82) is 0 Å². The van der Waals surface area contributed by atoms with E-state index in [2.05, 4.69) is 31.3 Å². The fraction of sp³-hybridized carbons (Fsp3) is 0.600. The Kier molecular flexibility index (Phi) is 22.6. The molecule has 0 spiro atoms. The molecule has 29 nitrogen and oxygen atoms in total. The number of carboxylic acid groups (broad SMARTS) is 2. The molecule has 29 heteroatoms. The van der Waals surface area contributed by atoms with E-state index in [0.29, 0.717) is 36.8 Å². The second-order valence-corrected chi connectivity index (χ2v) is 24.1. The number of amides is 8. The average molecular weight is 1240 g/mol. The van der Waals surface area contributed by atoms with E-state index >= 15 is 9.59 Å². The number of likely N-dealkylation sites (tertiary alicyclic amines) is 2. The Hall–Kier alpha value is -8.44. The van der Waals surface area contributed by atoms with Crippen LogP contribution in [0, 0.1) is 11.8 Å². The van der Waals surface area contributed by atoms with Gasteiger partial charge < -0.3 is 89.3 Å². The van der Waals surface area contributed by atoms with Crippen molar-refractivity contribution in [1.82, 2.24) is 40.9 Å². The second kappa shape index (κ2) is 30.2. The van der Waals surface area contributed by atoms with Crippen LogP contribution in [0.1, 0.15) is 119 Å². The number of guanidine groups is 2. The normalized spacial score (nSPS) is 24.3. The van der Waals surface area contributed by atoms with Gasteiger partial charge in [0.2, 0.25) is 47.3 Å². The van der Waals surface area contributed by atoms with Crippen LogP contribution < -0.4 is 44.2 Å². The lowest BCUT2D eigenvalue weighted by molar-refractivity contribution is -0.154. The number of nitrogens with one attached hydrogen (secondary N) is 4. The summed E-state index contributed by atoms with van der Waals surface area (Å²) in [5, 5.41) is 62.7. The first-order chi connectivity index (χ1) is 42.6. The van der Waals surface area contributed by atoms with Gasteiger partial charge in [0.1, 0.15) is 54.4 Å². The molecule has 0 aromatic heterocycles. The van der Waals surface area contributed by atoms with Crippen LogP contribution in [-0.2, 0) is 73.9 Å². The smallest absolute Gasteiger partial charge is 0.326 e. The molecule has 8 rings (SSSR count). The Morgan fingerprint density at radius 3 is 1.31 bits per heavy atom. The van der Waals surface area contributed by atoms with Crippen LogP contribution in [0.3, 0.4) is 0 Å². The maximum atomic E-state index is 15.2. The molecule has 4 unspecified atom stereocenters. The van der Waals surface area contributed by atoms with Crippen LogP contribution in [-0.4, -0.2) is 209 Å². The summed E-state index contributed by atoms with van der Waals surface area (Å²) in [6.07, 6.45) is 3.35. The van der Waals surface area contributed by atoms with Gasteiger partial charge in [-0.1, -0.05) is 74.2 Å². The van der Waals surface area contributed by atoms with E-state index in [9.17, 15) is 63.9 Å².